The number of amides is 1. The van der Waals surface area contributed by atoms with Crippen LogP contribution in [0.3, 0.4) is 0 Å². The molecule has 0 aliphatic rings. The van der Waals surface area contributed by atoms with Gasteiger partial charge in [-0.1, -0.05) is 11.6 Å². The third kappa shape index (κ3) is 4.73. The Kier molecular flexibility index (Phi) is 5.20. The van der Waals surface area contributed by atoms with Crippen LogP contribution in [0.2, 0.25) is 5.02 Å². The van der Waals surface area contributed by atoms with Gasteiger partial charge in [-0.05, 0) is 51.5 Å². The lowest BCUT2D eigenvalue weighted by molar-refractivity contribution is -0.129. The largest absolute Gasteiger partial charge is 0.481 e. The monoisotopic (exact) mass is 285 g/mol. The van der Waals surface area contributed by atoms with Crippen LogP contribution >= 0.6 is 11.6 Å². The molecule has 5 heteroatoms. The molecule has 1 aromatic rings. The molecule has 1 rings (SSSR count). The van der Waals surface area contributed by atoms with Gasteiger partial charge in [0, 0.05) is 5.02 Å². The zero-order valence-electron chi connectivity index (χ0n) is 11.7. The third-order valence-corrected chi connectivity index (χ3v) is 2.90. The molecule has 0 saturated heterocycles. The van der Waals surface area contributed by atoms with E-state index >= 15 is 0 Å². The van der Waals surface area contributed by atoms with Crippen LogP contribution in [-0.4, -0.2) is 29.3 Å². The smallest absolute Gasteiger partial charge is 0.261 e. The van der Waals surface area contributed by atoms with Gasteiger partial charge in [0.05, 0.1) is 12.1 Å². The summed E-state index contributed by atoms with van der Waals surface area (Å²) in [4.78, 5) is 11.9. The number of halogens is 1. The lowest BCUT2D eigenvalue weighted by Crippen LogP contribution is -2.50. The molecule has 0 aliphatic heterocycles. The van der Waals surface area contributed by atoms with E-state index in [-0.39, 0.29) is 12.5 Å². The van der Waals surface area contributed by atoms with Gasteiger partial charge in [-0.25, -0.2) is 0 Å². The van der Waals surface area contributed by atoms with Gasteiger partial charge in [-0.2, -0.15) is 0 Å². The van der Waals surface area contributed by atoms with E-state index in [0.717, 1.165) is 5.56 Å². The Morgan fingerprint density at radius 2 is 2.16 bits per heavy atom. The summed E-state index contributed by atoms with van der Waals surface area (Å²) in [5, 5.41) is 12.5. The summed E-state index contributed by atoms with van der Waals surface area (Å²) >= 11 is 5.86. The Hall–Kier alpha value is -1.26. The van der Waals surface area contributed by atoms with Gasteiger partial charge in [-0.15, -0.1) is 0 Å². The normalized spacial score (nSPS) is 12.9. The maximum Gasteiger partial charge on any atom is 0.261 e. The summed E-state index contributed by atoms with van der Waals surface area (Å²) in [6.07, 6.45) is -0.647. The summed E-state index contributed by atoms with van der Waals surface area (Å²) in [5.74, 6) is 0.349. The predicted molar refractivity (Wildman–Crippen MR) is 75.6 cm³/mol. The molecular weight excluding hydrogens is 266 g/mol. The van der Waals surface area contributed by atoms with Crippen LogP contribution in [0.4, 0.5) is 0 Å². The van der Waals surface area contributed by atoms with Crippen LogP contribution in [0, 0.1) is 6.92 Å². The maximum absolute atomic E-state index is 11.9. The fraction of sp³-hybridized carbons (Fsp3) is 0.500. The van der Waals surface area contributed by atoms with Gasteiger partial charge in [0.2, 0.25) is 0 Å². The molecule has 0 fully saturated rings. The standard InChI is InChI=1S/C14H20ClNO3/c1-9-7-11(15)5-6-12(9)19-10(2)13(18)16-14(3,4)8-17/h5-7,10,17H,8H2,1-4H3,(H,16,18). The second-order valence-corrected chi connectivity index (χ2v) is 5.64. The molecule has 0 heterocycles. The average molecular weight is 286 g/mol. The Bertz CT molecular complexity index is 460. The van der Waals surface area contributed by atoms with E-state index in [1.54, 1.807) is 39.0 Å². The Morgan fingerprint density at radius 3 is 2.68 bits per heavy atom. The van der Waals surface area contributed by atoms with E-state index in [2.05, 4.69) is 5.32 Å². The molecule has 1 amide bonds. The van der Waals surface area contributed by atoms with E-state index in [0.29, 0.717) is 10.8 Å². The van der Waals surface area contributed by atoms with E-state index in [9.17, 15) is 4.79 Å². The number of aryl methyl sites for hydroxylation is 1. The Morgan fingerprint density at radius 1 is 1.53 bits per heavy atom. The SMILES string of the molecule is Cc1cc(Cl)ccc1OC(C)C(=O)NC(C)(C)CO. The zero-order chi connectivity index (χ0) is 14.6. The van der Waals surface area contributed by atoms with Gasteiger partial charge < -0.3 is 15.2 Å². The van der Waals surface area contributed by atoms with Crippen molar-refractivity contribution in [1.29, 1.82) is 0 Å². The van der Waals surface area contributed by atoms with Crippen molar-refractivity contribution in [2.75, 3.05) is 6.61 Å². The van der Waals surface area contributed by atoms with Crippen molar-refractivity contribution in [3.05, 3.63) is 28.8 Å². The molecule has 106 valence electrons. The van der Waals surface area contributed by atoms with Crippen LogP contribution < -0.4 is 10.1 Å². The number of rotatable bonds is 5. The lowest BCUT2D eigenvalue weighted by Gasteiger charge is -2.26. The highest BCUT2D eigenvalue weighted by Gasteiger charge is 2.24. The first-order valence-corrected chi connectivity index (χ1v) is 6.48. The van der Waals surface area contributed by atoms with Gasteiger partial charge in [0.1, 0.15) is 5.75 Å². The summed E-state index contributed by atoms with van der Waals surface area (Å²) in [6, 6.07) is 5.23. The summed E-state index contributed by atoms with van der Waals surface area (Å²) in [7, 11) is 0. The molecule has 1 aromatic carbocycles. The average Bonchev–Trinajstić information content (AvgIpc) is 2.32. The Balaban J connectivity index is 2.69. The topological polar surface area (TPSA) is 58.6 Å². The van der Waals surface area contributed by atoms with Crippen LogP contribution in [0.25, 0.3) is 0 Å². The van der Waals surface area contributed by atoms with Crippen molar-refractivity contribution < 1.29 is 14.6 Å². The molecule has 19 heavy (non-hydrogen) atoms. The first-order valence-electron chi connectivity index (χ1n) is 6.11. The molecular formula is C14H20ClNO3. The fourth-order valence-corrected chi connectivity index (χ4v) is 1.69. The molecule has 0 radical (unpaired) electrons. The number of carbonyl (C=O) groups excluding carboxylic acids is 1. The fourth-order valence-electron chi connectivity index (χ4n) is 1.46. The van der Waals surface area contributed by atoms with Gasteiger partial charge in [0.15, 0.2) is 6.10 Å². The van der Waals surface area contributed by atoms with E-state index in [4.69, 9.17) is 21.4 Å². The van der Waals surface area contributed by atoms with Crippen molar-refractivity contribution in [3.8, 4) is 5.75 Å². The molecule has 2 N–H and O–H groups in total. The number of benzene rings is 1. The number of nitrogens with one attached hydrogen (secondary N) is 1. The van der Waals surface area contributed by atoms with Gasteiger partial charge in [-0.3, -0.25) is 4.79 Å². The number of carbonyl (C=O) groups is 1. The molecule has 0 aliphatic carbocycles. The van der Waals surface area contributed by atoms with E-state index < -0.39 is 11.6 Å². The molecule has 0 saturated carbocycles. The number of aliphatic hydroxyl groups is 1. The Labute approximate surface area is 118 Å². The van der Waals surface area contributed by atoms with Crippen LogP contribution in [0.5, 0.6) is 5.75 Å². The minimum absolute atomic E-state index is 0.133. The first-order chi connectivity index (χ1) is 8.75. The number of hydrogen-bond acceptors (Lipinski definition) is 3. The summed E-state index contributed by atoms with van der Waals surface area (Å²) < 4.78 is 5.60. The molecule has 1 atom stereocenters. The van der Waals surface area contributed by atoms with Crippen molar-refractivity contribution in [1.82, 2.24) is 5.32 Å². The van der Waals surface area contributed by atoms with E-state index in [1.807, 2.05) is 6.92 Å². The van der Waals surface area contributed by atoms with Crippen molar-refractivity contribution >= 4 is 17.5 Å². The summed E-state index contributed by atoms with van der Waals surface area (Å²) in [6.45, 7) is 6.88. The zero-order valence-corrected chi connectivity index (χ0v) is 12.4. The third-order valence-electron chi connectivity index (χ3n) is 2.67. The molecule has 0 aromatic heterocycles. The van der Waals surface area contributed by atoms with Crippen LogP contribution in [0.15, 0.2) is 18.2 Å². The summed E-state index contributed by atoms with van der Waals surface area (Å²) in [5.41, 5.74) is 0.206. The van der Waals surface area contributed by atoms with Gasteiger partial charge in [0.25, 0.3) is 5.91 Å². The minimum atomic E-state index is -0.663. The second kappa shape index (κ2) is 6.26. The second-order valence-electron chi connectivity index (χ2n) is 5.20. The van der Waals surface area contributed by atoms with Crippen molar-refractivity contribution in [2.45, 2.75) is 39.3 Å². The molecule has 0 bridgehead atoms. The number of aliphatic hydroxyl groups excluding tert-OH is 1. The first kappa shape index (κ1) is 15.8. The number of hydrogen-bond donors (Lipinski definition) is 2. The lowest BCUT2D eigenvalue weighted by atomic mass is 10.1. The molecule has 0 spiro atoms. The highest BCUT2D eigenvalue weighted by molar-refractivity contribution is 6.30. The highest BCUT2D eigenvalue weighted by Crippen LogP contribution is 2.22. The van der Waals surface area contributed by atoms with Crippen molar-refractivity contribution in [2.24, 2.45) is 0 Å². The predicted octanol–water partition coefficient (Wildman–Crippen LogP) is 2.30. The molecule has 4 nitrogen and oxygen atoms in total. The van der Waals surface area contributed by atoms with Gasteiger partial charge >= 0.3 is 0 Å². The molecule has 1 unspecified atom stereocenters. The maximum atomic E-state index is 11.9. The quantitative estimate of drug-likeness (QED) is 0.873. The van der Waals surface area contributed by atoms with Crippen LogP contribution in [0.1, 0.15) is 26.3 Å². The van der Waals surface area contributed by atoms with Crippen molar-refractivity contribution in [3.63, 3.8) is 0 Å². The van der Waals surface area contributed by atoms with E-state index in [1.165, 1.54) is 0 Å². The highest BCUT2D eigenvalue weighted by atomic mass is 35.5. The minimum Gasteiger partial charge on any atom is -0.481 e. The number of ether oxygens (including phenoxy) is 1. The van der Waals surface area contributed by atoms with Crippen LogP contribution in [-0.2, 0) is 4.79 Å².